The monoisotopic (exact) mass is 610 g/mol. The van der Waals surface area contributed by atoms with Crippen LogP contribution in [0.5, 0.6) is 0 Å². The predicted octanol–water partition coefficient (Wildman–Crippen LogP) is 2.14. The molecule has 10 nitrogen and oxygen atoms in total. The standard InChI is InChI=1S/C33H54O10/c1-4-5-14-29-32(41)21-28(38)19-26(36)17-24(34)16-25(35)18-27(37)20-31(40)22(2)13-11-9-7-6-8-10-12-15-30(39)23(3)43-33(29)42/h6-13,15,23-32,34-41H,4-5,14,16-21H2,1-3H3/b7-6+,10-8+,11-9+,15-12+,22-13+. The van der Waals surface area contributed by atoms with Crippen LogP contribution in [0.25, 0.3) is 0 Å². The van der Waals surface area contributed by atoms with Gasteiger partial charge in [0, 0.05) is 12.8 Å². The Morgan fingerprint density at radius 3 is 1.70 bits per heavy atom. The number of aliphatic hydroxyl groups excluding tert-OH is 8. The van der Waals surface area contributed by atoms with Crippen LogP contribution in [0, 0.1) is 5.92 Å². The zero-order valence-electron chi connectivity index (χ0n) is 25.7. The van der Waals surface area contributed by atoms with Crippen LogP contribution < -0.4 is 0 Å². The van der Waals surface area contributed by atoms with Crippen molar-refractivity contribution in [1.82, 2.24) is 0 Å². The van der Waals surface area contributed by atoms with E-state index in [1.807, 2.05) is 6.92 Å². The molecule has 1 heterocycles. The first-order chi connectivity index (χ1) is 20.3. The fourth-order valence-electron chi connectivity index (χ4n) is 4.83. The number of rotatable bonds is 3. The molecule has 0 amide bonds. The third kappa shape index (κ3) is 17.1. The Bertz CT molecular complexity index is 927. The minimum Gasteiger partial charge on any atom is -0.459 e. The molecule has 246 valence electrons. The molecule has 0 radical (unpaired) electrons. The molecule has 8 N–H and O–H groups in total. The number of unbranched alkanes of at least 4 members (excludes halogenated alkanes) is 1. The maximum Gasteiger partial charge on any atom is 0.311 e. The molecule has 0 bridgehead atoms. The smallest absolute Gasteiger partial charge is 0.311 e. The predicted molar refractivity (Wildman–Crippen MR) is 165 cm³/mol. The van der Waals surface area contributed by atoms with E-state index in [4.69, 9.17) is 4.74 Å². The molecule has 0 fully saturated rings. The Labute approximate surface area is 256 Å². The van der Waals surface area contributed by atoms with E-state index in [9.17, 15) is 45.6 Å². The quantitative estimate of drug-likeness (QED) is 0.220. The molecule has 0 aliphatic carbocycles. The van der Waals surface area contributed by atoms with Crippen LogP contribution in [-0.4, -0.2) is 102 Å². The van der Waals surface area contributed by atoms with Gasteiger partial charge in [0.2, 0.25) is 0 Å². The van der Waals surface area contributed by atoms with Crippen LogP contribution in [0.1, 0.15) is 78.6 Å². The first-order valence-corrected chi connectivity index (χ1v) is 15.3. The lowest BCUT2D eigenvalue weighted by atomic mass is 9.90. The number of carbonyl (C=O) groups excluding carboxylic acids is 1. The summed E-state index contributed by atoms with van der Waals surface area (Å²) in [5.74, 6) is -1.62. The lowest BCUT2D eigenvalue weighted by molar-refractivity contribution is -0.162. The number of hydrogen-bond acceptors (Lipinski definition) is 10. The zero-order valence-corrected chi connectivity index (χ0v) is 25.7. The number of ether oxygens (including phenoxy) is 1. The molecule has 1 aliphatic heterocycles. The zero-order chi connectivity index (χ0) is 32.4. The van der Waals surface area contributed by atoms with Crippen molar-refractivity contribution in [2.24, 2.45) is 5.92 Å². The second-order valence-electron chi connectivity index (χ2n) is 11.6. The van der Waals surface area contributed by atoms with Gasteiger partial charge >= 0.3 is 5.97 Å². The Morgan fingerprint density at radius 2 is 1.16 bits per heavy atom. The summed E-state index contributed by atoms with van der Waals surface area (Å²) >= 11 is 0. The van der Waals surface area contributed by atoms with Crippen molar-refractivity contribution >= 4 is 5.97 Å². The van der Waals surface area contributed by atoms with Crippen molar-refractivity contribution in [3.05, 3.63) is 60.3 Å². The second kappa shape index (κ2) is 21.5. The molecule has 0 aromatic carbocycles. The topological polar surface area (TPSA) is 188 Å². The lowest BCUT2D eigenvalue weighted by Gasteiger charge is -2.27. The van der Waals surface area contributed by atoms with E-state index in [-0.39, 0.29) is 38.5 Å². The Morgan fingerprint density at radius 1 is 0.698 bits per heavy atom. The Hall–Kier alpha value is -2.15. The molecule has 1 aliphatic rings. The highest BCUT2D eigenvalue weighted by molar-refractivity contribution is 5.73. The van der Waals surface area contributed by atoms with Gasteiger partial charge in [0.15, 0.2) is 0 Å². The van der Waals surface area contributed by atoms with E-state index in [0.29, 0.717) is 18.4 Å². The number of carbonyl (C=O) groups is 1. The highest BCUT2D eigenvalue weighted by Gasteiger charge is 2.32. The summed E-state index contributed by atoms with van der Waals surface area (Å²) in [4.78, 5) is 12.9. The minimum absolute atomic E-state index is 0.00262. The van der Waals surface area contributed by atoms with Crippen LogP contribution in [0.2, 0.25) is 0 Å². The van der Waals surface area contributed by atoms with Crippen LogP contribution >= 0.6 is 0 Å². The molecule has 0 saturated carbocycles. The summed E-state index contributed by atoms with van der Waals surface area (Å²) in [6.07, 6.45) is 6.60. The van der Waals surface area contributed by atoms with Crippen molar-refractivity contribution in [1.29, 1.82) is 0 Å². The van der Waals surface area contributed by atoms with Crippen molar-refractivity contribution in [2.75, 3.05) is 0 Å². The van der Waals surface area contributed by atoms with Gasteiger partial charge in [0.05, 0.1) is 48.6 Å². The minimum atomic E-state index is -1.25. The largest absolute Gasteiger partial charge is 0.459 e. The van der Waals surface area contributed by atoms with E-state index < -0.39 is 66.8 Å². The summed E-state index contributed by atoms with van der Waals surface area (Å²) < 4.78 is 5.45. The average molecular weight is 611 g/mol. The lowest BCUT2D eigenvalue weighted by Crippen LogP contribution is -2.37. The van der Waals surface area contributed by atoms with Crippen molar-refractivity contribution in [3.63, 3.8) is 0 Å². The highest BCUT2D eigenvalue weighted by Crippen LogP contribution is 2.23. The fourth-order valence-corrected chi connectivity index (χ4v) is 4.83. The fraction of sp³-hybridized carbons (Fsp3) is 0.667. The molecule has 1 rings (SSSR count). The second-order valence-corrected chi connectivity index (χ2v) is 11.6. The van der Waals surface area contributed by atoms with E-state index in [2.05, 4.69) is 0 Å². The first-order valence-electron chi connectivity index (χ1n) is 15.3. The van der Waals surface area contributed by atoms with Gasteiger partial charge in [0.1, 0.15) is 12.2 Å². The number of esters is 1. The molecule has 0 aromatic rings. The van der Waals surface area contributed by atoms with E-state index in [0.717, 1.165) is 6.42 Å². The molecular formula is C33H54O10. The van der Waals surface area contributed by atoms with Gasteiger partial charge in [-0.05, 0) is 51.5 Å². The number of hydrogen-bond donors (Lipinski definition) is 8. The van der Waals surface area contributed by atoms with Gasteiger partial charge in [-0.3, -0.25) is 4.79 Å². The van der Waals surface area contributed by atoms with Gasteiger partial charge in [-0.2, -0.15) is 0 Å². The molecule has 10 atom stereocenters. The molecule has 0 aromatic heterocycles. The summed E-state index contributed by atoms with van der Waals surface area (Å²) in [7, 11) is 0. The maximum absolute atomic E-state index is 12.9. The summed E-state index contributed by atoms with van der Waals surface area (Å²) in [6.45, 7) is 5.21. The Kier molecular flexibility index (Phi) is 19.5. The third-order valence-corrected chi connectivity index (χ3v) is 7.46. The van der Waals surface area contributed by atoms with Gasteiger partial charge in [-0.25, -0.2) is 0 Å². The summed E-state index contributed by atoms with van der Waals surface area (Å²) in [6, 6.07) is 0. The van der Waals surface area contributed by atoms with Crippen LogP contribution in [-0.2, 0) is 9.53 Å². The van der Waals surface area contributed by atoms with Crippen LogP contribution in [0.15, 0.2) is 60.3 Å². The Balaban J connectivity index is 3.06. The van der Waals surface area contributed by atoms with E-state index in [1.165, 1.54) is 6.08 Å². The van der Waals surface area contributed by atoms with Gasteiger partial charge in [-0.1, -0.05) is 74.4 Å². The van der Waals surface area contributed by atoms with E-state index >= 15 is 0 Å². The van der Waals surface area contributed by atoms with Gasteiger partial charge < -0.3 is 45.6 Å². The van der Waals surface area contributed by atoms with Gasteiger partial charge in [-0.15, -0.1) is 0 Å². The maximum atomic E-state index is 12.9. The molecule has 10 heteroatoms. The van der Waals surface area contributed by atoms with Crippen molar-refractivity contribution in [2.45, 2.75) is 133 Å². The number of aliphatic hydroxyl groups is 8. The highest BCUT2D eigenvalue weighted by atomic mass is 16.6. The van der Waals surface area contributed by atoms with E-state index in [1.54, 1.807) is 62.5 Å². The third-order valence-electron chi connectivity index (χ3n) is 7.46. The number of cyclic esters (lactones) is 1. The SMILES string of the molecule is CCCCC1C(=O)OC(C)C(O)/C=C/C=C/C=C/C=C/C=C(\C)C(O)CC(O)CC(O)CC(O)CC(O)CC(O)CC1O. The normalized spacial score (nSPS) is 39.7. The van der Waals surface area contributed by atoms with Crippen molar-refractivity contribution < 1.29 is 50.4 Å². The molecule has 0 spiro atoms. The summed E-state index contributed by atoms with van der Waals surface area (Å²) in [5, 5.41) is 83.5. The number of allylic oxidation sites excluding steroid dienone is 8. The first kappa shape index (κ1) is 38.9. The molecule has 10 unspecified atom stereocenters. The molecular weight excluding hydrogens is 556 g/mol. The van der Waals surface area contributed by atoms with Crippen LogP contribution in [0.4, 0.5) is 0 Å². The summed E-state index contributed by atoms with van der Waals surface area (Å²) in [5.41, 5.74) is 0.622. The van der Waals surface area contributed by atoms with Gasteiger partial charge in [0.25, 0.3) is 0 Å². The van der Waals surface area contributed by atoms with Crippen LogP contribution in [0.3, 0.4) is 0 Å². The average Bonchev–Trinajstić information content (AvgIpc) is 2.90. The molecule has 0 saturated heterocycles. The molecule has 43 heavy (non-hydrogen) atoms. The van der Waals surface area contributed by atoms with Crippen molar-refractivity contribution in [3.8, 4) is 0 Å².